The molecule has 148 valence electrons. The number of amides is 1. The molecule has 2 aliphatic heterocycles. The predicted molar refractivity (Wildman–Crippen MR) is 115 cm³/mol. The van der Waals surface area contributed by atoms with Crippen LogP contribution in [0.2, 0.25) is 0 Å². The number of hydrogen-bond donors (Lipinski definition) is 0. The molecule has 5 rings (SSSR count). The highest BCUT2D eigenvalue weighted by molar-refractivity contribution is 5.93. The summed E-state index contributed by atoms with van der Waals surface area (Å²) >= 11 is 0. The average molecular weight is 386 g/mol. The van der Waals surface area contributed by atoms with Gasteiger partial charge in [0, 0.05) is 38.1 Å². The van der Waals surface area contributed by atoms with Crippen LogP contribution in [0.4, 0.5) is 5.69 Å². The lowest BCUT2D eigenvalue weighted by molar-refractivity contribution is 0.0693. The largest absolute Gasteiger partial charge is 0.371 e. The molecule has 2 aromatic carbocycles. The molecule has 1 aromatic heterocycles. The number of hydrogen-bond acceptors (Lipinski definition) is 3. The number of benzene rings is 2. The Morgan fingerprint density at radius 1 is 0.966 bits per heavy atom. The summed E-state index contributed by atoms with van der Waals surface area (Å²) in [7, 11) is 0. The van der Waals surface area contributed by atoms with E-state index in [9.17, 15) is 4.79 Å². The van der Waals surface area contributed by atoms with Crippen molar-refractivity contribution in [3.8, 4) is 5.69 Å². The molecule has 5 nitrogen and oxygen atoms in total. The topological polar surface area (TPSA) is 41.4 Å². The summed E-state index contributed by atoms with van der Waals surface area (Å²) in [5, 5.41) is 4.37. The number of nitrogens with zero attached hydrogens (tertiary/aromatic N) is 4. The van der Waals surface area contributed by atoms with Crippen molar-refractivity contribution in [1.29, 1.82) is 0 Å². The van der Waals surface area contributed by atoms with Crippen LogP contribution in [-0.4, -0.2) is 46.8 Å². The van der Waals surface area contributed by atoms with Crippen molar-refractivity contribution in [2.24, 2.45) is 5.92 Å². The number of carbonyl (C=O) groups is 1. The SMILES string of the molecule is O=C(c1cnn(-c2ccccc2)c1)N1CCC(CN2CCc3ccccc32)CC1. The summed E-state index contributed by atoms with van der Waals surface area (Å²) < 4.78 is 1.77. The third kappa shape index (κ3) is 3.65. The normalized spacial score (nSPS) is 16.8. The fraction of sp³-hybridized carbons (Fsp3) is 0.333. The van der Waals surface area contributed by atoms with Crippen LogP contribution in [0.3, 0.4) is 0 Å². The molecule has 0 N–H and O–H groups in total. The van der Waals surface area contributed by atoms with Crippen LogP contribution in [0.5, 0.6) is 0 Å². The third-order valence-electron chi connectivity index (χ3n) is 6.21. The van der Waals surface area contributed by atoms with Gasteiger partial charge in [-0.2, -0.15) is 5.10 Å². The number of piperidine rings is 1. The summed E-state index contributed by atoms with van der Waals surface area (Å²) in [6.45, 7) is 3.88. The van der Waals surface area contributed by atoms with E-state index in [4.69, 9.17) is 0 Å². The Labute approximate surface area is 171 Å². The molecule has 1 fully saturated rings. The summed E-state index contributed by atoms with van der Waals surface area (Å²) in [4.78, 5) is 17.4. The lowest BCUT2D eigenvalue weighted by Gasteiger charge is -2.34. The van der Waals surface area contributed by atoms with E-state index < -0.39 is 0 Å². The minimum Gasteiger partial charge on any atom is -0.371 e. The van der Waals surface area contributed by atoms with Crippen LogP contribution >= 0.6 is 0 Å². The van der Waals surface area contributed by atoms with Gasteiger partial charge in [0.25, 0.3) is 5.91 Å². The molecule has 0 atom stereocenters. The first kappa shape index (κ1) is 18.0. The van der Waals surface area contributed by atoms with E-state index in [1.54, 1.807) is 10.9 Å². The van der Waals surface area contributed by atoms with E-state index in [2.05, 4.69) is 34.3 Å². The van der Waals surface area contributed by atoms with E-state index in [1.165, 1.54) is 11.3 Å². The van der Waals surface area contributed by atoms with E-state index in [-0.39, 0.29) is 5.91 Å². The highest BCUT2D eigenvalue weighted by atomic mass is 16.2. The van der Waals surface area contributed by atoms with Crippen LogP contribution in [0.15, 0.2) is 67.0 Å². The Kier molecular flexibility index (Phi) is 4.80. The smallest absolute Gasteiger partial charge is 0.257 e. The molecule has 1 saturated heterocycles. The number of likely N-dealkylation sites (tertiary alicyclic amines) is 1. The fourth-order valence-electron chi connectivity index (χ4n) is 4.56. The zero-order valence-electron chi connectivity index (χ0n) is 16.6. The maximum atomic E-state index is 12.9. The second-order valence-electron chi connectivity index (χ2n) is 8.07. The van der Waals surface area contributed by atoms with Gasteiger partial charge in [-0.3, -0.25) is 4.79 Å². The Hall–Kier alpha value is -3.08. The minimum atomic E-state index is 0.0946. The first-order chi connectivity index (χ1) is 14.3. The van der Waals surface area contributed by atoms with E-state index in [0.29, 0.717) is 11.5 Å². The van der Waals surface area contributed by atoms with Gasteiger partial charge in [-0.25, -0.2) is 4.68 Å². The summed E-state index contributed by atoms with van der Waals surface area (Å²) in [6.07, 6.45) is 6.81. The fourth-order valence-corrected chi connectivity index (χ4v) is 4.56. The molecule has 2 aliphatic rings. The van der Waals surface area contributed by atoms with Gasteiger partial charge in [0.1, 0.15) is 0 Å². The summed E-state index contributed by atoms with van der Waals surface area (Å²) in [6, 6.07) is 18.7. The highest BCUT2D eigenvalue weighted by Gasteiger charge is 2.27. The van der Waals surface area contributed by atoms with Gasteiger partial charge in [-0.15, -0.1) is 0 Å². The van der Waals surface area contributed by atoms with Crippen molar-refractivity contribution in [2.45, 2.75) is 19.3 Å². The van der Waals surface area contributed by atoms with Crippen molar-refractivity contribution in [3.63, 3.8) is 0 Å². The molecular formula is C24H26N4O. The van der Waals surface area contributed by atoms with Crippen LogP contribution in [0.25, 0.3) is 5.69 Å². The van der Waals surface area contributed by atoms with Gasteiger partial charge in [0.15, 0.2) is 0 Å². The zero-order valence-corrected chi connectivity index (χ0v) is 16.6. The van der Waals surface area contributed by atoms with Crippen molar-refractivity contribution >= 4 is 11.6 Å². The first-order valence-corrected chi connectivity index (χ1v) is 10.5. The molecule has 0 radical (unpaired) electrons. The molecule has 29 heavy (non-hydrogen) atoms. The first-order valence-electron chi connectivity index (χ1n) is 10.5. The zero-order chi connectivity index (χ0) is 19.6. The van der Waals surface area contributed by atoms with Gasteiger partial charge in [0.05, 0.1) is 17.4 Å². The summed E-state index contributed by atoms with van der Waals surface area (Å²) in [5.74, 6) is 0.745. The molecule has 0 spiro atoms. The molecule has 3 aromatic rings. The Morgan fingerprint density at radius 3 is 2.55 bits per heavy atom. The van der Waals surface area contributed by atoms with Gasteiger partial charge in [-0.05, 0) is 48.9 Å². The van der Waals surface area contributed by atoms with Crippen LogP contribution < -0.4 is 4.90 Å². The molecular weight excluding hydrogens is 360 g/mol. The van der Waals surface area contributed by atoms with Crippen LogP contribution in [0.1, 0.15) is 28.8 Å². The second kappa shape index (κ2) is 7.74. The number of fused-ring (bicyclic) bond motifs is 1. The lowest BCUT2D eigenvalue weighted by Crippen LogP contribution is -2.41. The Bertz CT molecular complexity index is 989. The Morgan fingerprint density at radius 2 is 1.72 bits per heavy atom. The highest BCUT2D eigenvalue weighted by Crippen LogP contribution is 2.30. The molecule has 0 aliphatic carbocycles. The van der Waals surface area contributed by atoms with Gasteiger partial charge in [0.2, 0.25) is 0 Å². The van der Waals surface area contributed by atoms with Crippen molar-refractivity contribution < 1.29 is 4.79 Å². The maximum absolute atomic E-state index is 12.9. The molecule has 0 saturated carbocycles. The van der Waals surface area contributed by atoms with Crippen molar-refractivity contribution in [1.82, 2.24) is 14.7 Å². The van der Waals surface area contributed by atoms with Crippen LogP contribution in [-0.2, 0) is 6.42 Å². The average Bonchev–Trinajstić information content (AvgIpc) is 3.43. The predicted octanol–water partition coefficient (Wildman–Crippen LogP) is 3.79. The number of aromatic nitrogens is 2. The third-order valence-corrected chi connectivity index (χ3v) is 6.21. The van der Waals surface area contributed by atoms with Crippen LogP contribution in [0, 0.1) is 5.92 Å². The van der Waals surface area contributed by atoms with E-state index >= 15 is 0 Å². The van der Waals surface area contributed by atoms with Gasteiger partial charge >= 0.3 is 0 Å². The molecule has 3 heterocycles. The lowest BCUT2D eigenvalue weighted by atomic mass is 9.95. The van der Waals surface area contributed by atoms with Gasteiger partial charge in [-0.1, -0.05) is 36.4 Å². The number of para-hydroxylation sites is 2. The van der Waals surface area contributed by atoms with E-state index in [1.807, 2.05) is 41.4 Å². The quantitative estimate of drug-likeness (QED) is 0.685. The Balaban J connectivity index is 1.18. The number of carbonyl (C=O) groups excluding carboxylic acids is 1. The molecule has 1 amide bonds. The van der Waals surface area contributed by atoms with Gasteiger partial charge < -0.3 is 9.80 Å². The maximum Gasteiger partial charge on any atom is 0.257 e. The minimum absolute atomic E-state index is 0.0946. The summed E-state index contributed by atoms with van der Waals surface area (Å²) in [5.41, 5.74) is 4.51. The molecule has 5 heteroatoms. The standard InChI is InChI=1S/C24H26N4O/c29-24(21-16-25-28(18-21)22-7-2-1-3-8-22)26-13-10-19(11-14-26)17-27-15-12-20-6-4-5-9-23(20)27/h1-9,16,18-19H,10-15,17H2. The van der Waals surface area contributed by atoms with E-state index in [0.717, 1.165) is 51.1 Å². The van der Waals surface area contributed by atoms with Crippen molar-refractivity contribution in [3.05, 3.63) is 78.1 Å². The van der Waals surface area contributed by atoms with Crippen molar-refractivity contribution in [2.75, 3.05) is 31.1 Å². The molecule has 0 bridgehead atoms. The number of anilines is 1. The molecule has 0 unspecified atom stereocenters. The monoisotopic (exact) mass is 386 g/mol. The second-order valence-corrected chi connectivity index (χ2v) is 8.07. The number of rotatable bonds is 4.